The smallest absolute Gasteiger partial charge is 0.110 e. The Morgan fingerprint density at radius 2 is 2.00 bits per heavy atom. The Morgan fingerprint density at radius 3 is 2.67 bits per heavy atom. The van der Waals surface area contributed by atoms with E-state index in [1.165, 1.54) is 5.56 Å². The average molecular weight is 264 g/mol. The molecule has 96 valence electrons. The quantitative estimate of drug-likeness (QED) is 0.901. The van der Waals surface area contributed by atoms with Crippen molar-refractivity contribution in [1.82, 2.24) is 9.55 Å². The molecule has 2 aromatic rings. The summed E-state index contributed by atoms with van der Waals surface area (Å²) in [6.45, 7) is 3.04. The second kappa shape index (κ2) is 6.03. The summed E-state index contributed by atoms with van der Waals surface area (Å²) in [6.07, 6.45) is 5.45. The molecule has 0 saturated heterocycles. The first kappa shape index (κ1) is 13.1. The predicted octanol–water partition coefficient (Wildman–Crippen LogP) is 2.67. The van der Waals surface area contributed by atoms with E-state index in [9.17, 15) is 0 Å². The molecule has 1 atom stereocenters. The van der Waals surface area contributed by atoms with Gasteiger partial charge in [0.25, 0.3) is 0 Å². The molecular formula is C14H18ClN3. The van der Waals surface area contributed by atoms with Gasteiger partial charge in [0.05, 0.1) is 0 Å². The molecule has 0 aliphatic rings. The summed E-state index contributed by atoms with van der Waals surface area (Å²) in [5.74, 6) is 1.05. The van der Waals surface area contributed by atoms with Gasteiger partial charge in [-0.1, -0.05) is 23.7 Å². The minimum absolute atomic E-state index is 0.0823. The van der Waals surface area contributed by atoms with Gasteiger partial charge in [0, 0.05) is 36.4 Å². The standard InChI is InChI=1S/C14H18ClN3/c1-2-18-8-7-17-14(18)10-13(16)9-11-3-5-12(15)6-4-11/h3-8,13H,2,9-10,16H2,1H3. The largest absolute Gasteiger partial charge is 0.335 e. The first-order chi connectivity index (χ1) is 8.69. The lowest BCUT2D eigenvalue weighted by atomic mass is 10.0. The van der Waals surface area contributed by atoms with Crippen LogP contribution in [0.4, 0.5) is 0 Å². The molecule has 1 unspecified atom stereocenters. The van der Waals surface area contributed by atoms with Crippen LogP contribution < -0.4 is 5.73 Å². The van der Waals surface area contributed by atoms with Gasteiger partial charge in [-0.25, -0.2) is 4.98 Å². The van der Waals surface area contributed by atoms with E-state index < -0.39 is 0 Å². The fraction of sp³-hybridized carbons (Fsp3) is 0.357. The van der Waals surface area contributed by atoms with Crippen LogP contribution in [0.25, 0.3) is 0 Å². The number of benzene rings is 1. The van der Waals surface area contributed by atoms with Crippen molar-refractivity contribution >= 4 is 11.6 Å². The normalized spacial score (nSPS) is 12.6. The summed E-state index contributed by atoms with van der Waals surface area (Å²) in [7, 11) is 0. The van der Waals surface area contributed by atoms with Crippen LogP contribution in [-0.4, -0.2) is 15.6 Å². The highest BCUT2D eigenvalue weighted by atomic mass is 35.5. The summed E-state index contributed by atoms with van der Waals surface area (Å²) in [4.78, 5) is 4.34. The highest BCUT2D eigenvalue weighted by Gasteiger charge is 2.09. The predicted molar refractivity (Wildman–Crippen MR) is 74.7 cm³/mol. The fourth-order valence-corrected chi connectivity index (χ4v) is 2.17. The molecule has 0 amide bonds. The number of aromatic nitrogens is 2. The number of imidazole rings is 1. The molecule has 0 bridgehead atoms. The molecule has 0 fully saturated rings. The van der Waals surface area contributed by atoms with E-state index in [0.29, 0.717) is 0 Å². The van der Waals surface area contributed by atoms with E-state index in [0.717, 1.165) is 30.2 Å². The molecule has 0 saturated carbocycles. The third-order valence-corrected chi connectivity index (χ3v) is 3.25. The fourth-order valence-electron chi connectivity index (χ4n) is 2.05. The molecule has 1 aromatic carbocycles. The summed E-state index contributed by atoms with van der Waals surface area (Å²) in [5, 5.41) is 0.758. The maximum Gasteiger partial charge on any atom is 0.110 e. The molecule has 1 aromatic heterocycles. The van der Waals surface area contributed by atoms with Crippen molar-refractivity contribution < 1.29 is 0 Å². The second-order valence-electron chi connectivity index (χ2n) is 4.42. The van der Waals surface area contributed by atoms with Gasteiger partial charge in [-0.2, -0.15) is 0 Å². The molecule has 0 aliphatic carbocycles. The van der Waals surface area contributed by atoms with Gasteiger partial charge < -0.3 is 10.3 Å². The Labute approximate surface area is 113 Å². The van der Waals surface area contributed by atoms with Crippen molar-refractivity contribution in [2.75, 3.05) is 0 Å². The molecular weight excluding hydrogens is 246 g/mol. The van der Waals surface area contributed by atoms with Gasteiger partial charge >= 0.3 is 0 Å². The summed E-state index contributed by atoms with van der Waals surface area (Å²) in [6, 6.07) is 7.93. The number of hydrogen-bond acceptors (Lipinski definition) is 2. The number of nitrogens with two attached hydrogens (primary N) is 1. The van der Waals surface area contributed by atoms with Crippen LogP contribution >= 0.6 is 11.6 Å². The van der Waals surface area contributed by atoms with Gasteiger partial charge in [0.1, 0.15) is 5.82 Å². The number of nitrogens with zero attached hydrogens (tertiary/aromatic N) is 2. The molecule has 1 heterocycles. The molecule has 2 N–H and O–H groups in total. The minimum Gasteiger partial charge on any atom is -0.335 e. The van der Waals surface area contributed by atoms with Crippen molar-refractivity contribution in [2.45, 2.75) is 32.4 Å². The van der Waals surface area contributed by atoms with Crippen molar-refractivity contribution in [3.8, 4) is 0 Å². The lowest BCUT2D eigenvalue weighted by Crippen LogP contribution is -2.27. The maximum atomic E-state index is 6.17. The molecule has 0 radical (unpaired) electrons. The lowest BCUT2D eigenvalue weighted by Gasteiger charge is -2.12. The van der Waals surface area contributed by atoms with Crippen molar-refractivity contribution in [2.24, 2.45) is 5.73 Å². The van der Waals surface area contributed by atoms with Crippen LogP contribution in [0.3, 0.4) is 0 Å². The van der Waals surface area contributed by atoms with Crippen LogP contribution in [0, 0.1) is 0 Å². The van der Waals surface area contributed by atoms with Gasteiger partial charge in [0.15, 0.2) is 0 Å². The zero-order valence-electron chi connectivity index (χ0n) is 10.5. The second-order valence-corrected chi connectivity index (χ2v) is 4.86. The van der Waals surface area contributed by atoms with Crippen LogP contribution in [-0.2, 0) is 19.4 Å². The van der Waals surface area contributed by atoms with E-state index in [-0.39, 0.29) is 6.04 Å². The van der Waals surface area contributed by atoms with Crippen molar-refractivity contribution in [3.05, 3.63) is 53.1 Å². The van der Waals surface area contributed by atoms with Crippen molar-refractivity contribution in [1.29, 1.82) is 0 Å². The van der Waals surface area contributed by atoms with Crippen molar-refractivity contribution in [3.63, 3.8) is 0 Å². The van der Waals surface area contributed by atoms with Crippen LogP contribution in [0.5, 0.6) is 0 Å². The van der Waals surface area contributed by atoms with E-state index in [2.05, 4.69) is 16.5 Å². The van der Waals surface area contributed by atoms with Crippen LogP contribution in [0.2, 0.25) is 5.02 Å². The van der Waals surface area contributed by atoms with E-state index in [1.807, 2.05) is 36.7 Å². The number of aryl methyl sites for hydroxylation is 1. The maximum absolute atomic E-state index is 6.17. The number of rotatable bonds is 5. The molecule has 0 aliphatic heterocycles. The molecule has 0 spiro atoms. The van der Waals surface area contributed by atoms with Gasteiger partial charge in [-0.3, -0.25) is 0 Å². The summed E-state index contributed by atoms with van der Waals surface area (Å²) < 4.78 is 2.13. The lowest BCUT2D eigenvalue weighted by molar-refractivity contribution is 0.602. The third-order valence-electron chi connectivity index (χ3n) is 3.00. The molecule has 3 nitrogen and oxygen atoms in total. The van der Waals surface area contributed by atoms with Crippen LogP contribution in [0.1, 0.15) is 18.3 Å². The van der Waals surface area contributed by atoms with E-state index in [4.69, 9.17) is 17.3 Å². The highest BCUT2D eigenvalue weighted by Crippen LogP contribution is 2.12. The Kier molecular flexibility index (Phi) is 4.39. The Morgan fingerprint density at radius 1 is 1.28 bits per heavy atom. The monoisotopic (exact) mass is 263 g/mol. The topological polar surface area (TPSA) is 43.8 Å². The average Bonchev–Trinajstić information content (AvgIpc) is 2.79. The number of hydrogen-bond donors (Lipinski definition) is 1. The minimum atomic E-state index is 0.0823. The zero-order chi connectivity index (χ0) is 13.0. The zero-order valence-corrected chi connectivity index (χ0v) is 11.3. The Bertz CT molecular complexity index is 490. The SMILES string of the molecule is CCn1ccnc1CC(N)Cc1ccc(Cl)cc1. The molecule has 18 heavy (non-hydrogen) atoms. The van der Waals surface area contributed by atoms with E-state index >= 15 is 0 Å². The van der Waals surface area contributed by atoms with Gasteiger partial charge in [0.2, 0.25) is 0 Å². The summed E-state index contributed by atoms with van der Waals surface area (Å²) >= 11 is 5.86. The first-order valence-electron chi connectivity index (χ1n) is 6.19. The van der Waals surface area contributed by atoms with Gasteiger partial charge in [-0.05, 0) is 31.0 Å². The molecule has 4 heteroatoms. The third kappa shape index (κ3) is 3.34. The van der Waals surface area contributed by atoms with Crippen LogP contribution in [0.15, 0.2) is 36.7 Å². The number of halogens is 1. The first-order valence-corrected chi connectivity index (χ1v) is 6.57. The van der Waals surface area contributed by atoms with Gasteiger partial charge in [-0.15, -0.1) is 0 Å². The Hall–Kier alpha value is -1.32. The summed E-state index contributed by atoms with van der Waals surface area (Å²) in [5.41, 5.74) is 7.38. The Balaban J connectivity index is 1.96. The highest BCUT2D eigenvalue weighted by molar-refractivity contribution is 6.30. The van der Waals surface area contributed by atoms with E-state index in [1.54, 1.807) is 0 Å². The molecule has 2 rings (SSSR count).